The van der Waals surface area contributed by atoms with Crippen molar-refractivity contribution in [2.24, 2.45) is 0 Å². The van der Waals surface area contributed by atoms with Crippen LogP contribution in [0.25, 0.3) is 0 Å². The molecule has 108 valence electrons. The van der Waals surface area contributed by atoms with E-state index in [9.17, 15) is 0 Å². The number of likely N-dealkylation sites (N-methyl/N-ethyl adjacent to an activating group) is 1. The maximum atomic E-state index is 5.83. The Kier molecular flexibility index (Phi) is 5.83. The third-order valence-electron chi connectivity index (χ3n) is 2.89. The van der Waals surface area contributed by atoms with Gasteiger partial charge in [0.25, 0.3) is 0 Å². The van der Waals surface area contributed by atoms with Gasteiger partial charge in [0.2, 0.25) is 0 Å². The van der Waals surface area contributed by atoms with Gasteiger partial charge < -0.3 is 4.74 Å². The zero-order valence-electron chi connectivity index (χ0n) is 11.8. The van der Waals surface area contributed by atoms with E-state index in [-0.39, 0.29) is 0 Å². The number of nitrogens with zero attached hydrogens (tertiary/aromatic N) is 2. The first kappa shape index (κ1) is 15.3. The molecule has 0 aliphatic heterocycles. The highest BCUT2D eigenvalue weighted by atomic mass is 35.5. The number of benzene rings is 1. The molecule has 0 unspecified atom stereocenters. The van der Waals surface area contributed by atoms with Crippen molar-refractivity contribution in [2.45, 2.75) is 19.9 Å². The lowest BCUT2D eigenvalue weighted by Gasteiger charge is -2.15. The Balaban J connectivity index is 1.72. The molecule has 2 rings (SSSR count). The summed E-state index contributed by atoms with van der Waals surface area (Å²) in [4.78, 5) is 6.78. The van der Waals surface area contributed by atoms with Gasteiger partial charge >= 0.3 is 0 Å². The monoisotopic (exact) mass is 310 g/mol. The smallest absolute Gasteiger partial charge is 0.119 e. The Labute approximate surface area is 129 Å². The van der Waals surface area contributed by atoms with E-state index in [4.69, 9.17) is 16.3 Å². The van der Waals surface area contributed by atoms with Crippen LogP contribution in [0.3, 0.4) is 0 Å². The Morgan fingerprint density at radius 3 is 2.70 bits per heavy atom. The van der Waals surface area contributed by atoms with Gasteiger partial charge in [-0.05, 0) is 37.7 Å². The Morgan fingerprint density at radius 2 is 2.05 bits per heavy atom. The predicted octanol–water partition coefficient (Wildman–Crippen LogP) is 3.87. The molecule has 0 amide bonds. The molecule has 0 bridgehead atoms. The second-order valence-electron chi connectivity index (χ2n) is 4.63. The minimum Gasteiger partial charge on any atom is -0.492 e. The van der Waals surface area contributed by atoms with Gasteiger partial charge in [-0.25, -0.2) is 4.98 Å². The number of halogens is 1. The van der Waals surface area contributed by atoms with Crippen LogP contribution in [0.4, 0.5) is 0 Å². The fourth-order valence-electron chi connectivity index (χ4n) is 1.79. The SMILES string of the molecule is CCc1nc(CN(C)CCOc2ccc(Cl)cc2)cs1. The molecule has 1 aromatic carbocycles. The third-order valence-corrected chi connectivity index (χ3v) is 4.18. The van der Waals surface area contributed by atoms with Gasteiger partial charge in [0.15, 0.2) is 0 Å². The predicted molar refractivity (Wildman–Crippen MR) is 84.8 cm³/mol. The fourth-order valence-corrected chi connectivity index (χ4v) is 2.65. The van der Waals surface area contributed by atoms with Gasteiger partial charge in [-0.15, -0.1) is 11.3 Å². The molecule has 0 radical (unpaired) electrons. The molecule has 1 aromatic heterocycles. The van der Waals surface area contributed by atoms with Gasteiger partial charge in [0, 0.05) is 23.5 Å². The van der Waals surface area contributed by atoms with Gasteiger partial charge in [-0.3, -0.25) is 4.90 Å². The van der Waals surface area contributed by atoms with Crippen molar-refractivity contribution in [3.05, 3.63) is 45.4 Å². The maximum Gasteiger partial charge on any atom is 0.119 e. The summed E-state index contributed by atoms with van der Waals surface area (Å²) in [5.74, 6) is 0.852. The second kappa shape index (κ2) is 7.62. The summed E-state index contributed by atoms with van der Waals surface area (Å²) in [6, 6.07) is 7.44. The molecule has 1 heterocycles. The molecular formula is C15H19ClN2OS. The van der Waals surface area contributed by atoms with Crippen molar-refractivity contribution >= 4 is 22.9 Å². The summed E-state index contributed by atoms with van der Waals surface area (Å²) in [6.07, 6.45) is 1.01. The van der Waals surface area contributed by atoms with Crippen LogP contribution in [0.1, 0.15) is 17.6 Å². The zero-order chi connectivity index (χ0) is 14.4. The van der Waals surface area contributed by atoms with Crippen LogP contribution in [-0.2, 0) is 13.0 Å². The van der Waals surface area contributed by atoms with Gasteiger partial charge in [0.05, 0.1) is 10.7 Å². The first-order valence-electron chi connectivity index (χ1n) is 6.67. The van der Waals surface area contributed by atoms with E-state index in [2.05, 4.69) is 29.2 Å². The molecule has 0 atom stereocenters. The van der Waals surface area contributed by atoms with Crippen molar-refractivity contribution in [1.29, 1.82) is 0 Å². The van der Waals surface area contributed by atoms with E-state index in [1.807, 2.05) is 24.3 Å². The van der Waals surface area contributed by atoms with E-state index >= 15 is 0 Å². The minimum atomic E-state index is 0.656. The molecule has 0 saturated heterocycles. The lowest BCUT2D eigenvalue weighted by Crippen LogP contribution is -2.24. The van der Waals surface area contributed by atoms with E-state index < -0.39 is 0 Å². The average molecular weight is 311 g/mol. The minimum absolute atomic E-state index is 0.656. The molecule has 2 aromatic rings. The molecule has 20 heavy (non-hydrogen) atoms. The summed E-state index contributed by atoms with van der Waals surface area (Å²) >= 11 is 7.56. The van der Waals surface area contributed by atoms with Crippen LogP contribution in [0, 0.1) is 0 Å². The van der Waals surface area contributed by atoms with Crippen LogP contribution in [0.15, 0.2) is 29.6 Å². The number of aromatic nitrogens is 1. The van der Waals surface area contributed by atoms with Crippen LogP contribution in [-0.4, -0.2) is 30.1 Å². The van der Waals surface area contributed by atoms with E-state index in [0.717, 1.165) is 36.0 Å². The molecule has 0 saturated carbocycles. The number of thiazole rings is 1. The standard InChI is InChI=1S/C15H19ClN2OS/c1-3-15-17-13(11-20-15)10-18(2)8-9-19-14-6-4-12(16)5-7-14/h4-7,11H,3,8-10H2,1-2H3. The molecular weight excluding hydrogens is 292 g/mol. The summed E-state index contributed by atoms with van der Waals surface area (Å²) in [5, 5.41) is 4.06. The second-order valence-corrected chi connectivity index (χ2v) is 6.01. The van der Waals surface area contributed by atoms with Crippen molar-refractivity contribution in [3.63, 3.8) is 0 Å². The normalized spacial score (nSPS) is 11.0. The summed E-state index contributed by atoms with van der Waals surface area (Å²) in [5.41, 5.74) is 1.14. The number of aryl methyl sites for hydroxylation is 1. The number of rotatable bonds is 7. The summed E-state index contributed by atoms with van der Waals surface area (Å²) in [6.45, 7) is 4.51. The third kappa shape index (κ3) is 4.78. The Hall–Kier alpha value is -1.10. The van der Waals surface area contributed by atoms with E-state index in [1.165, 1.54) is 5.01 Å². The van der Waals surface area contributed by atoms with Gasteiger partial charge in [-0.1, -0.05) is 18.5 Å². The first-order chi connectivity index (χ1) is 9.67. The van der Waals surface area contributed by atoms with Crippen LogP contribution < -0.4 is 4.74 Å². The number of ether oxygens (including phenoxy) is 1. The maximum absolute atomic E-state index is 5.83. The highest BCUT2D eigenvalue weighted by Crippen LogP contribution is 2.15. The molecule has 0 fully saturated rings. The fraction of sp³-hybridized carbons (Fsp3) is 0.400. The summed E-state index contributed by atoms with van der Waals surface area (Å²) in [7, 11) is 2.08. The molecule has 0 spiro atoms. The van der Waals surface area contributed by atoms with Crippen molar-refractivity contribution in [3.8, 4) is 5.75 Å². The zero-order valence-corrected chi connectivity index (χ0v) is 13.4. The van der Waals surface area contributed by atoms with Gasteiger partial charge in [-0.2, -0.15) is 0 Å². The molecule has 0 aliphatic rings. The summed E-state index contributed by atoms with van der Waals surface area (Å²) < 4.78 is 5.68. The van der Waals surface area contributed by atoms with Crippen molar-refractivity contribution < 1.29 is 4.74 Å². The molecule has 0 aliphatic carbocycles. The molecule has 3 nitrogen and oxygen atoms in total. The van der Waals surface area contributed by atoms with Crippen LogP contribution in [0.5, 0.6) is 5.75 Å². The van der Waals surface area contributed by atoms with Crippen molar-refractivity contribution in [1.82, 2.24) is 9.88 Å². The quantitative estimate of drug-likeness (QED) is 0.776. The first-order valence-corrected chi connectivity index (χ1v) is 7.93. The lowest BCUT2D eigenvalue weighted by molar-refractivity contribution is 0.231. The largest absolute Gasteiger partial charge is 0.492 e. The van der Waals surface area contributed by atoms with E-state index in [1.54, 1.807) is 11.3 Å². The average Bonchev–Trinajstić information content (AvgIpc) is 2.88. The highest BCUT2D eigenvalue weighted by molar-refractivity contribution is 7.09. The lowest BCUT2D eigenvalue weighted by atomic mass is 10.3. The van der Waals surface area contributed by atoms with E-state index in [0.29, 0.717) is 6.61 Å². The Bertz CT molecular complexity index is 527. The highest BCUT2D eigenvalue weighted by Gasteiger charge is 2.05. The number of hydrogen-bond acceptors (Lipinski definition) is 4. The topological polar surface area (TPSA) is 25.4 Å². The van der Waals surface area contributed by atoms with Crippen molar-refractivity contribution in [2.75, 3.05) is 20.2 Å². The number of hydrogen-bond donors (Lipinski definition) is 0. The van der Waals surface area contributed by atoms with Crippen LogP contribution in [0.2, 0.25) is 5.02 Å². The van der Waals surface area contributed by atoms with Gasteiger partial charge in [0.1, 0.15) is 12.4 Å². The van der Waals surface area contributed by atoms with Crippen LogP contribution >= 0.6 is 22.9 Å². The molecule has 5 heteroatoms. The molecule has 0 N–H and O–H groups in total. The Morgan fingerprint density at radius 1 is 1.30 bits per heavy atom.